The summed E-state index contributed by atoms with van der Waals surface area (Å²) < 4.78 is 17.0. The van der Waals surface area contributed by atoms with E-state index < -0.39 is 0 Å². The van der Waals surface area contributed by atoms with E-state index >= 15 is 0 Å². The van der Waals surface area contributed by atoms with Crippen molar-refractivity contribution >= 4 is 34.7 Å². The first-order valence-corrected chi connectivity index (χ1v) is 10.2. The number of nitrogens with one attached hydrogen (secondary N) is 1. The maximum absolute atomic E-state index is 12.0. The van der Waals surface area contributed by atoms with Gasteiger partial charge in [0.25, 0.3) is 5.91 Å². The topological polar surface area (TPSA) is 69.2 Å². The lowest BCUT2D eigenvalue weighted by atomic mass is 10.1. The molecule has 0 aliphatic carbocycles. The van der Waals surface area contributed by atoms with Crippen molar-refractivity contribution in [2.75, 3.05) is 20.8 Å². The molecule has 0 atom stereocenters. The van der Waals surface area contributed by atoms with Gasteiger partial charge in [0.2, 0.25) is 0 Å². The van der Waals surface area contributed by atoms with Gasteiger partial charge in [-0.3, -0.25) is 4.79 Å². The lowest BCUT2D eigenvalue weighted by Crippen LogP contribution is -2.24. The summed E-state index contributed by atoms with van der Waals surface area (Å²) in [6.45, 7) is -0.133. The van der Waals surface area contributed by atoms with Crippen LogP contribution in [0.4, 0.5) is 0 Å². The summed E-state index contributed by atoms with van der Waals surface area (Å²) in [6, 6.07) is 21.3. The highest BCUT2D eigenvalue weighted by Gasteiger charge is 2.09. The van der Waals surface area contributed by atoms with E-state index in [9.17, 15) is 4.79 Å². The van der Waals surface area contributed by atoms with E-state index in [2.05, 4.69) is 33.1 Å². The molecule has 0 heterocycles. The van der Waals surface area contributed by atoms with Gasteiger partial charge in [0.1, 0.15) is 5.75 Å². The lowest BCUT2D eigenvalue weighted by Gasteiger charge is -2.10. The fourth-order valence-corrected chi connectivity index (χ4v) is 3.59. The van der Waals surface area contributed by atoms with Crippen LogP contribution in [0, 0.1) is 3.57 Å². The summed E-state index contributed by atoms with van der Waals surface area (Å²) in [6.07, 6.45) is 1.54. The average Bonchev–Trinajstić information content (AvgIpc) is 2.78. The molecule has 30 heavy (non-hydrogen) atoms. The van der Waals surface area contributed by atoms with Crippen LogP contribution in [0.2, 0.25) is 0 Å². The van der Waals surface area contributed by atoms with Gasteiger partial charge in [-0.1, -0.05) is 42.5 Å². The van der Waals surface area contributed by atoms with Gasteiger partial charge in [0.05, 0.1) is 24.0 Å². The average molecular weight is 516 g/mol. The number of nitrogens with zero attached hydrogens (tertiary/aromatic N) is 1. The molecule has 0 saturated carbocycles. The van der Waals surface area contributed by atoms with Crippen LogP contribution in [0.5, 0.6) is 17.2 Å². The van der Waals surface area contributed by atoms with Gasteiger partial charge >= 0.3 is 0 Å². The Morgan fingerprint density at radius 2 is 1.70 bits per heavy atom. The van der Waals surface area contributed by atoms with Crippen LogP contribution in [-0.4, -0.2) is 32.9 Å². The Morgan fingerprint density at radius 3 is 2.37 bits per heavy atom. The number of amides is 1. The summed E-state index contributed by atoms with van der Waals surface area (Å²) in [4.78, 5) is 12.0. The molecule has 1 amide bonds. The Morgan fingerprint density at radius 1 is 1.00 bits per heavy atom. The molecule has 0 bridgehead atoms. The number of benzene rings is 3. The number of hydrogen-bond donors (Lipinski definition) is 1. The zero-order chi connectivity index (χ0) is 21.3. The molecular weight excluding hydrogens is 495 g/mol. The third kappa shape index (κ3) is 5.73. The first-order valence-electron chi connectivity index (χ1n) is 9.12. The maximum Gasteiger partial charge on any atom is 0.277 e. The molecule has 0 radical (unpaired) electrons. The lowest BCUT2D eigenvalue weighted by molar-refractivity contribution is -0.123. The number of carbonyl (C=O) groups excluding carboxylic acids is 1. The predicted molar refractivity (Wildman–Crippen MR) is 125 cm³/mol. The van der Waals surface area contributed by atoms with Crippen molar-refractivity contribution < 1.29 is 19.0 Å². The van der Waals surface area contributed by atoms with Gasteiger partial charge < -0.3 is 14.2 Å². The highest BCUT2D eigenvalue weighted by Crippen LogP contribution is 2.33. The largest absolute Gasteiger partial charge is 0.493 e. The van der Waals surface area contributed by atoms with Gasteiger partial charge in [0, 0.05) is 0 Å². The number of methoxy groups -OCH3 is 2. The van der Waals surface area contributed by atoms with Gasteiger partial charge in [-0.15, -0.1) is 0 Å². The highest BCUT2D eigenvalue weighted by atomic mass is 127. The third-order valence-corrected chi connectivity index (χ3v) is 4.99. The summed E-state index contributed by atoms with van der Waals surface area (Å²) in [5, 5.41) is 3.98. The molecule has 7 heteroatoms. The maximum atomic E-state index is 12.0. The van der Waals surface area contributed by atoms with Crippen molar-refractivity contribution in [3.63, 3.8) is 0 Å². The molecule has 0 saturated heterocycles. The van der Waals surface area contributed by atoms with E-state index in [0.717, 1.165) is 20.3 Å². The number of hydrazone groups is 1. The van der Waals surface area contributed by atoms with Crippen molar-refractivity contribution in [3.05, 3.63) is 75.9 Å². The summed E-state index contributed by atoms with van der Waals surface area (Å²) >= 11 is 2.15. The molecule has 6 nitrogen and oxygen atoms in total. The van der Waals surface area contributed by atoms with E-state index in [0.29, 0.717) is 17.2 Å². The standard InChI is InChI=1S/C23H21IN2O4/c1-28-21-13-16(12-20(24)23(21)29-2)14-25-26-22(27)15-30-19-10-8-18(9-11-19)17-6-4-3-5-7-17/h3-14H,15H2,1-2H3,(H,26,27)/b25-14-. The molecule has 0 aliphatic heterocycles. The number of rotatable bonds is 8. The molecular formula is C23H21IN2O4. The summed E-state index contributed by atoms with van der Waals surface area (Å²) in [5.74, 6) is 1.52. The summed E-state index contributed by atoms with van der Waals surface area (Å²) in [5.41, 5.74) is 5.44. The molecule has 0 aromatic heterocycles. The molecule has 0 aliphatic rings. The van der Waals surface area contributed by atoms with Crippen molar-refractivity contribution in [2.45, 2.75) is 0 Å². The van der Waals surface area contributed by atoms with Crippen molar-refractivity contribution in [2.24, 2.45) is 5.10 Å². The Bertz CT molecular complexity index is 1020. The Kier molecular flexibility index (Phi) is 7.67. The zero-order valence-electron chi connectivity index (χ0n) is 16.6. The van der Waals surface area contributed by atoms with Crippen LogP contribution in [0.3, 0.4) is 0 Å². The minimum atomic E-state index is -0.353. The van der Waals surface area contributed by atoms with Crippen LogP contribution in [0.1, 0.15) is 5.56 Å². The number of ether oxygens (including phenoxy) is 3. The Balaban J connectivity index is 1.52. The van der Waals surface area contributed by atoms with Gasteiger partial charge in [0.15, 0.2) is 18.1 Å². The molecule has 154 valence electrons. The molecule has 3 rings (SSSR count). The van der Waals surface area contributed by atoms with Gasteiger partial charge in [-0.05, 0) is 63.5 Å². The SMILES string of the molecule is COc1cc(/C=N\NC(=O)COc2ccc(-c3ccccc3)cc2)cc(I)c1OC. The Hall–Kier alpha value is -3.07. The van der Waals surface area contributed by atoms with E-state index in [4.69, 9.17) is 14.2 Å². The van der Waals surface area contributed by atoms with Gasteiger partial charge in [-0.25, -0.2) is 5.43 Å². The monoisotopic (exact) mass is 516 g/mol. The van der Waals surface area contributed by atoms with Crippen LogP contribution >= 0.6 is 22.6 Å². The van der Waals surface area contributed by atoms with Crippen molar-refractivity contribution in [3.8, 4) is 28.4 Å². The number of carbonyl (C=O) groups is 1. The van der Waals surface area contributed by atoms with Crippen LogP contribution in [0.25, 0.3) is 11.1 Å². The molecule has 3 aromatic carbocycles. The van der Waals surface area contributed by atoms with Crippen molar-refractivity contribution in [1.29, 1.82) is 0 Å². The molecule has 3 aromatic rings. The normalized spacial score (nSPS) is 10.6. The fourth-order valence-electron chi connectivity index (χ4n) is 2.75. The first-order chi connectivity index (χ1) is 14.6. The quantitative estimate of drug-likeness (QED) is 0.272. The van der Waals surface area contributed by atoms with E-state index in [1.165, 1.54) is 6.21 Å². The molecule has 0 fully saturated rings. The first kappa shape index (κ1) is 21.6. The zero-order valence-corrected chi connectivity index (χ0v) is 18.8. The molecule has 1 N–H and O–H groups in total. The summed E-state index contributed by atoms with van der Waals surface area (Å²) in [7, 11) is 3.16. The fraction of sp³-hybridized carbons (Fsp3) is 0.130. The minimum Gasteiger partial charge on any atom is -0.493 e. The second-order valence-electron chi connectivity index (χ2n) is 6.21. The molecule has 0 unspecified atom stereocenters. The van der Waals surface area contributed by atoms with Gasteiger partial charge in [-0.2, -0.15) is 5.10 Å². The minimum absolute atomic E-state index is 0.133. The highest BCUT2D eigenvalue weighted by molar-refractivity contribution is 14.1. The number of hydrogen-bond acceptors (Lipinski definition) is 5. The van der Waals surface area contributed by atoms with Crippen molar-refractivity contribution in [1.82, 2.24) is 5.43 Å². The van der Waals surface area contributed by atoms with Crippen LogP contribution < -0.4 is 19.6 Å². The molecule has 0 spiro atoms. The number of halogens is 1. The smallest absolute Gasteiger partial charge is 0.277 e. The van der Waals surface area contributed by atoms with E-state index in [1.807, 2.05) is 60.7 Å². The predicted octanol–water partition coefficient (Wildman–Crippen LogP) is 4.50. The van der Waals surface area contributed by atoms with Crippen LogP contribution in [0.15, 0.2) is 71.8 Å². The Labute approximate surface area is 189 Å². The second-order valence-corrected chi connectivity index (χ2v) is 7.37. The van der Waals surface area contributed by atoms with Crippen LogP contribution in [-0.2, 0) is 4.79 Å². The van der Waals surface area contributed by atoms with E-state index in [-0.39, 0.29) is 12.5 Å². The third-order valence-electron chi connectivity index (χ3n) is 4.19. The van der Waals surface area contributed by atoms with E-state index in [1.54, 1.807) is 20.3 Å². The second kappa shape index (κ2) is 10.6.